The van der Waals surface area contributed by atoms with Crippen LogP contribution in [0, 0.1) is 0 Å². The number of hydrogen-bond acceptors (Lipinski definition) is 3. The Morgan fingerprint density at radius 1 is 1.10 bits per heavy atom. The molecule has 4 heteroatoms. The van der Waals surface area contributed by atoms with Gasteiger partial charge in [-0.05, 0) is 35.4 Å². The standard InChI is InChI=1S/C17H20ClNOS/c1-20-10-9-19-12-15-3-2-4-17(11-15)21-13-14-5-7-16(18)8-6-14/h2-8,11,19H,9-10,12-13H2,1H3. The first kappa shape index (κ1) is 16.4. The van der Waals surface area contributed by atoms with Crippen molar-refractivity contribution in [3.8, 4) is 0 Å². The monoisotopic (exact) mass is 321 g/mol. The molecule has 0 spiro atoms. The smallest absolute Gasteiger partial charge is 0.0587 e. The number of nitrogens with one attached hydrogen (secondary N) is 1. The summed E-state index contributed by atoms with van der Waals surface area (Å²) < 4.78 is 5.02. The predicted molar refractivity (Wildman–Crippen MR) is 91.0 cm³/mol. The molecule has 21 heavy (non-hydrogen) atoms. The molecule has 0 aliphatic heterocycles. The van der Waals surface area contributed by atoms with Gasteiger partial charge in [-0.1, -0.05) is 35.9 Å². The van der Waals surface area contributed by atoms with Crippen LogP contribution in [0.2, 0.25) is 5.02 Å². The highest BCUT2D eigenvalue weighted by molar-refractivity contribution is 7.98. The van der Waals surface area contributed by atoms with Crippen LogP contribution in [0.3, 0.4) is 0 Å². The van der Waals surface area contributed by atoms with Crippen molar-refractivity contribution in [1.82, 2.24) is 5.32 Å². The van der Waals surface area contributed by atoms with Crippen molar-refractivity contribution in [3.05, 3.63) is 64.7 Å². The molecule has 0 aliphatic carbocycles. The van der Waals surface area contributed by atoms with Crippen LogP contribution in [0.1, 0.15) is 11.1 Å². The van der Waals surface area contributed by atoms with E-state index in [0.29, 0.717) is 0 Å². The van der Waals surface area contributed by atoms with E-state index in [1.807, 2.05) is 23.9 Å². The van der Waals surface area contributed by atoms with Crippen molar-refractivity contribution >= 4 is 23.4 Å². The van der Waals surface area contributed by atoms with E-state index in [2.05, 4.69) is 41.7 Å². The van der Waals surface area contributed by atoms with Gasteiger partial charge in [0.25, 0.3) is 0 Å². The predicted octanol–water partition coefficient (Wildman–Crippen LogP) is 4.37. The third-order valence-corrected chi connectivity index (χ3v) is 4.35. The average Bonchev–Trinajstić information content (AvgIpc) is 2.52. The molecule has 2 aromatic carbocycles. The highest BCUT2D eigenvalue weighted by Gasteiger charge is 1.99. The minimum atomic E-state index is 0.741. The van der Waals surface area contributed by atoms with Gasteiger partial charge >= 0.3 is 0 Å². The molecule has 0 amide bonds. The van der Waals surface area contributed by atoms with Gasteiger partial charge in [0.05, 0.1) is 6.61 Å². The molecule has 0 aliphatic rings. The van der Waals surface area contributed by atoms with Gasteiger partial charge in [0.1, 0.15) is 0 Å². The van der Waals surface area contributed by atoms with E-state index in [1.54, 1.807) is 7.11 Å². The molecule has 112 valence electrons. The minimum Gasteiger partial charge on any atom is -0.383 e. The summed E-state index contributed by atoms with van der Waals surface area (Å²) >= 11 is 7.74. The normalized spacial score (nSPS) is 10.8. The SMILES string of the molecule is COCCNCc1cccc(SCc2ccc(Cl)cc2)c1. The van der Waals surface area contributed by atoms with Crippen LogP contribution >= 0.6 is 23.4 Å². The Labute approximate surface area is 135 Å². The largest absolute Gasteiger partial charge is 0.383 e. The molecular formula is C17H20ClNOS. The first-order valence-corrected chi connectivity index (χ1v) is 8.30. The lowest BCUT2D eigenvalue weighted by atomic mass is 10.2. The van der Waals surface area contributed by atoms with Gasteiger partial charge in [0, 0.05) is 35.9 Å². The third-order valence-electron chi connectivity index (χ3n) is 3.03. The van der Waals surface area contributed by atoms with Crippen molar-refractivity contribution in [2.75, 3.05) is 20.3 Å². The number of ether oxygens (including phenoxy) is 1. The van der Waals surface area contributed by atoms with Gasteiger partial charge in [0.2, 0.25) is 0 Å². The summed E-state index contributed by atoms with van der Waals surface area (Å²) in [5.41, 5.74) is 2.58. The maximum atomic E-state index is 5.90. The Morgan fingerprint density at radius 3 is 2.67 bits per heavy atom. The minimum absolute atomic E-state index is 0.741. The number of benzene rings is 2. The van der Waals surface area contributed by atoms with Crippen LogP contribution in [-0.4, -0.2) is 20.3 Å². The van der Waals surface area contributed by atoms with Crippen molar-refractivity contribution in [2.45, 2.75) is 17.2 Å². The van der Waals surface area contributed by atoms with E-state index in [0.717, 1.165) is 30.5 Å². The van der Waals surface area contributed by atoms with Gasteiger partial charge in [-0.3, -0.25) is 0 Å². The van der Waals surface area contributed by atoms with Crippen LogP contribution in [-0.2, 0) is 17.0 Å². The number of thioether (sulfide) groups is 1. The van der Waals surface area contributed by atoms with Gasteiger partial charge in [0.15, 0.2) is 0 Å². The summed E-state index contributed by atoms with van der Waals surface area (Å²) in [4.78, 5) is 1.29. The third kappa shape index (κ3) is 6.10. The van der Waals surface area contributed by atoms with Gasteiger partial charge in [-0.15, -0.1) is 11.8 Å². The average molecular weight is 322 g/mol. The molecule has 2 rings (SSSR count). The van der Waals surface area contributed by atoms with Gasteiger partial charge in [-0.25, -0.2) is 0 Å². The van der Waals surface area contributed by atoms with E-state index < -0.39 is 0 Å². The Kier molecular flexibility index (Phi) is 7.10. The zero-order valence-corrected chi connectivity index (χ0v) is 13.7. The fraction of sp³-hybridized carbons (Fsp3) is 0.294. The summed E-state index contributed by atoms with van der Waals surface area (Å²) in [6, 6.07) is 16.7. The van der Waals surface area contributed by atoms with Crippen LogP contribution in [0.15, 0.2) is 53.4 Å². The number of halogens is 1. The Bertz CT molecular complexity index is 545. The van der Waals surface area contributed by atoms with Crippen molar-refractivity contribution in [1.29, 1.82) is 0 Å². The zero-order valence-electron chi connectivity index (χ0n) is 12.1. The number of hydrogen-bond donors (Lipinski definition) is 1. The molecule has 0 bridgehead atoms. The highest BCUT2D eigenvalue weighted by atomic mass is 35.5. The fourth-order valence-corrected chi connectivity index (χ4v) is 2.96. The summed E-state index contributed by atoms with van der Waals surface area (Å²) in [5, 5.41) is 4.15. The molecule has 0 aromatic heterocycles. The van der Waals surface area contributed by atoms with E-state index in [9.17, 15) is 0 Å². The molecule has 0 unspecified atom stereocenters. The number of rotatable bonds is 8. The maximum absolute atomic E-state index is 5.90. The van der Waals surface area contributed by atoms with E-state index in [4.69, 9.17) is 16.3 Å². The molecule has 1 N–H and O–H groups in total. The van der Waals surface area contributed by atoms with Gasteiger partial charge in [-0.2, -0.15) is 0 Å². The second-order valence-electron chi connectivity index (χ2n) is 4.73. The summed E-state index contributed by atoms with van der Waals surface area (Å²) in [5.74, 6) is 0.956. The Hall–Kier alpha value is -1.00. The van der Waals surface area contributed by atoms with Crippen molar-refractivity contribution in [3.63, 3.8) is 0 Å². The lowest BCUT2D eigenvalue weighted by Crippen LogP contribution is -2.18. The van der Waals surface area contributed by atoms with Crippen LogP contribution < -0.4 is 5.32 Å². The lowest BCUT2D eigenvalue weighted by molar-refractivity contribution is 0.199. The molecule has 0 heterocycles. The lowest BCUT2D eigenvalue weighted by Gasteiger charge is -2.07. The molecule has 2 aromatic rings. The zero-order chi connectivity index (χ0) is 14.9. The molecular weight excluding hydrogens is 302 g/mol. The quantitative estimate of drug-likeness (QED) is 0.576. The maximum Gasteiger partial charge on any atom is 0.0587 e. The molecule has 0 atom stereocenters. The van der Waals surface area contributed by atoms with Crippen LogP contribution in [0.4, 0.5) is 0 Å². The summed E-state index contributed by atoms with van der Waals surface area (Å²) in [6.07, 6.45) is 0. The van der Waals surface area contributed by atoms with E-state index in [-0.39, 0.29) is 0 Å². The Morgan fingerprint density at radius 2 is 1.90 bits per heavy atom. The molecule has 0 saturated heterocycles. The number of methoxy groups -OCH3 is 1. The fourth-order valence-electron chi connectivity index (χ4n) is 1.90. The first-order chi connectivity index (χ1) is 10.3. The topological polar surface area (TPSA) is 21.3 Å². The van der Waals surface area contributed by atoms with E-state index >= 15 is 0 Å². The summed E-state index contributed by atoms with van der Waals surface area (Å²) in [6.45, 7) is 2.49. The molecule has 0 radical (unpaired) electrons. The van der Waals surface area contributed by atoms with Crippen molar-refractivity contribution < 1.29 is 4.74 Å². The highest BCUT2D eigenvalue weighted by Crippen LogP contribution is 2.24. The molecule has 0 saturated carbocycles. The van der Waals surface area contributed by atoms with Crippen molar-refractivity contribution in [2.24, 2.45) is 0 Å². The van der Waals surface area contributed by atoms with Crippen LogP contribution in [0.25, 0.3) is 0 Å². The first-order valence-electron chi connectivity index (χ1n) is 6.94. The van der Waals surface area contributed by atoms with Gasteiger partial charge < -0.3 is 10.1 Å². The molecule has 0 fully saturated rings. The second kappa shape index (κ2) is 9.11. The second-order valence-corrected chi connectivity index (χ2v) is 6.22. The van der Waals surface area contributed by atoms with E-state index in [1.165, 1.54) is 16.0 Å². The van der Waals surface area contributed by atoms with Crippen LogP contribution in [0.5, 0.6) is 0 Å². The Balaban J connectivity index is 1.84. The molecule has 2 nitrogen and oxygen atoms in total. The summed E-state index contributed by atoms with van der Waals surface area (Å²) in [7, 11) is 1.72.